The predicted molar refractivity (Wildman–Crippen MR) is 138 cm³/mol. The first-order valence-corrected chi connectivity index (χ1v) is 11.0. The highest BCUT2D eigenvalue weighted by molar-refractivity contribution is 6.09. The molecule has 0 saturated carbocycles. The number of allylic oxidation sites excluding steroid dienone is 4. The van der Waals surface area contributed by atoms with E-state index in [-0.39, 0.29) is 0 Å². The SMILES string of the molecule is C\C=C/C(=C\C(C)=N\C)c1cn(-c2ccc(-n3c4ccccc4c4ccccc43)cc2)nn1. The van der Waals surface area contributed by atoms with Crippen molar-refractivity contribution in [1.82, 2.24) is 19.6 Å². The fraction of sp³-hybridized carbons (Fsp3) is 0.107. The van der Waals surface area contributed by atoms with Crippen molar-refractivity contribution in [2.75, 3.05) is 7.05 Å². The molecule has 0 aliphatic rings. The fourth-order valence-electron chi connectivity index (χ4n) is 4.15. The highest BCUT2D eigenvalue weighted by Crippen LogP contribution is 2.31. The highest BCUT2D eigenvalue weighted by Gasteiger charge is 2.12. The Labute approximate surface area is 193 Å². The molecular weight excluding hydrogens is 406 g/mol. The number of aromatic nitrogens is 4. The molecule has 0 saturated heterocycles. The van der Waals surface area contributed by atoms with Gasteiger partial charge in [0.05, 0.1) is 22.9 Å². The van der Waals surface area contributed by atoms with E-state index in [1.165, 1.54) is 21.8 Å². The lowest BCUT2D eigenvalue weighted by Gasteiger charge is -2.09. The van der Waals surface area contributed by atoms with Crippen LogP contribution in [0.25, 0.3) is 38.8 Å². The third-order valence-electron chi connectivity index (χ3n) is 5.81. The summed E-state index contributed by atoms with van der Waals surface area (Å²) in [4.78, 5) is 4.23. The minimum Gasteiger partial charge on any atom is -0.309 e. The summed E-state index contributed by atoms with van der Waals surface area (Å²) in [6.45, 7) is 3.96. The molecule has 0 fully saturated rings. The van der Waals surface area contributed by atoms with Crippen LogP contribution in [0.15, 0.2) is 102 Å². The van der Waals surface area contributed by atoms with Gasteiger partial charge in [0.2, 0.25) is 0 Å². The van der Waals surface area contributed by atoms with E-state index in [1.54, 1.807) is 11.7 Å². The van der Waals surface area contributed by atoms with E-state index in [0.29, 0.717) is 0 Å². The molecule has 0 aliphatic heterocycles. The Morgan fingerprint density at radius 2 is 1.45 bits per heavy atom. The minimum atomic E-state index is 0.808. The molecule has 162 valence electrons. The molecule has 0 N–H and O–H groups in total. The van der Waals surface area contributed by atoms with Gasteiger partial charge in [-0.2, -0.15) is 0 Å². The van der Waals surface area contributed by atoms with Gasteiger partial charge in [-0.3, -0.25) is 4.99 Å². The van der Waals surface area contributed by atoms with Gasteiger partial charge >= 0.3 is 0 Å². The van der Waals surface area contributed by atoms with Crippen LogP contribution in [-0.2, 0) is 0 Å². The Bertz CT molecular complexity index is 1470. The van der Waals surface area contributed by atoms with Crippen molar-refractivity contribution >= 4 is 33.1 Å². The molecule has 5 aromatic rings. The zero-order valence-electron chi connectivity index (χ0n) is 19.0. The van der Waals surface area contributed by atoms with Gasteiger partial charge in [0.1, 0.15) is 5.69 Å². The van der Waals surface area contributed by atoms with E-state index < -0.39 is 0 Å². The van der Waals surface area contributed by atoms with E-state index in [9.17, 15) is 0 Å². The van der Waals surface area contributed by atoms with Gasteiger partial charge < -0.3 is 4.57 Å². The van der Waals surface area contributed by atoms with Gasteiger partial charge in [-0.15, -0.1) is 5.10 Å². The van der Waals surface area contributed by atoms with Crippen molar-refractivity contribution in [3.05, 3.63) is 103 Å². The Kier molecular flexibility index (Phi) is 5.45. The second-order valence-corrected chi connectivity index (χ2v) is 7.90. The van der Waals surface area contributed by atoms with Crippen molar-refractivity contribution in [3.8, 4) is 11.4 Å². The zero-order chi connectivity index (χ0) is 22.8. The summed E-state index contributed by atoms with van der Waals surface area (Å²) in [6, 6.07) is 25.5. The van der Waals surface area contributed by atoms with Crippen LogP contribution < -0.4 is 0 Å². The first kappa shape index (κ1) is 20.6. The van der Waals surface area contributed by atoms with Gasteiger partial charge in [0.15, 0.2) is 0 Å². The molecule has 0 unspecified atom stereocenters. The molecule has 0 radical (unpaired) electrons. The highest BCUT2D eigenvalue weighted by atomic mass is 15.4. The van der Waals surface area contributed by atoms with E-state index >= 15 is 0 Å². The maximum atomic E-state index is 4.39. The first-order chi connectivity index (χ1) is 16.2. The van der Waals surface area contributed by atoms with Crippen molar-refractivity contribution < 1.29 is 0 Å². The van der Waals surface area contributed by atoms with Gasteiger partial charge in [-0.1, -0.05) is 53.8 Å². The molecule has 5 heteroatoms. The summed E-state index contributed by atoms with van der Waals surface area (Å²) in [6.07, 6.45) is 7.98. The second-order valence-electron chi connectivity index (χ2n) is 7.90. The van der Waals surface area contributed by atoms with Crippen molar-refractivity contribution in [2.24, 2.45) is 4.99 Å². The van der Waals surface area contributed by atoms with Gasteiger partial charge in [-0.25, -0.2) is 4.68 Å². The third-order valence-corrected chi connectivity index (χ3v) is 5.81. The van der Waals surface area contributed by atoms with Crippen LogP contribution in [0.1, 0.15) is 19.5 Å². The first-order valence-electron chi connectivity index (χ1n) is 11.0. The Hall–Kier alpha value is -4.25. The topological polar surface area (TPSA) is 48.0 Å². The molecule has 2 heterocycles. The zero-order valence-corrected chi connectivity index (χ0v) is 19.0. The minimum absolute atomic E-state index is 0.808. The number of nitrogens with zero attached hydrogens (tertiary/aromatic N) is 5. The number of rotatable bonds is 5. The van der Waals surface area contributed by atoms with Crippen molar-refractivity contribution in [1.29, 1.82) is 0 Å². The molecule has 0 bridgehead atoms. The molecule has 2 aromatic heterocycles. The van der Waals surface area contributed by atoms with Crippen LogP contribution in [0, 0.1) is 0 Å². The average Bonchev–Trinajstić information content (AvgIpc) is 3.47. The van der Waals surface area contributed by atoms with Crippen LogP contribution in [0.3, 0.4) is 0 Å². The molecule has 0 spiro atoms. The smallest absolute Gasteiger partial charge is 0.113 e. The van der Waals surface area contributed by atoms with Crippen LogP contribution >= 0.6 is 0 Å². The molecule has 0 aliphatic carbocycles. The second kappa shape index (κ2) is 8.71. The number of hydrogen-bond acceptors (Lipinski definition) is 3. The standard InChI is InChI=1S/C28H25N5/c1-4-9-21(18-20(2)29-3)26-19-32(31-30-26)22-14-16-23(17-15-22)33-27-12-7-5-10-24(27)25-11-6-8-13-28(25)33/h4-19H,1-3H3/b9-4-,21-18+,29-20+. The van der Waals surface area contributed by atoms with Gasteiger partial charge in [0.25, 0.3) is 0 Å². The monoisotopic (exact) mass is 431 g/mol. The van der Waals surface area contributed by atoms with Crippen molar-refractivity contribution in [2.45, 2.75) is 13.8 Å². The lowest BCUT2D eigenvalue weighted by Crippen LogP contribution is -1.97. The van der Waals surface area contributed by atoms with Crippen LogP contribution in [0.4, 0.5) is 0 Å². The van der Waals surface area contributed by atoms with E-state index in [0.717, 1.165) is 28.4 Å². The van der Waals surface area contributed by atoms with E-state index in [4.69, 9.17) is 0 Å². The molecule has 33 heavy (non-hydrogen) atoms. The summed E-state index contributed by atoms with van der Waals surface area (Å²) >= 11 is 0. The quantitative estimate of drug-likeness (QED) is 0.238. The maximum absolute atomic E-state index is 4.39. The molecule has 3 aromatic carbocycles. The summed E-state index contributed by atoms with van der Waals surface area (Å²) in [5.74, 6) is 0. The lowest BCUT2D eigenvalue weighted by molar-refractivity contribution is 0.802. The van der Waals surface area contributed by atoms with E-state index in [2.05, 4.69) is 92.7 Å². The number of fused-ring (bicyclic) bond motifs is 3. The Morgan fingerprint density at radius 1 is 0.848 bits per heavy atom. The Morgan fingerprint density at radius 3 is 2.06 bits per heavy atom. The maximum Gasteiger partial charge on any atom is 0.113 e. The number of para-hydroxylation sites is 2. The van der Waals surface area contributed by atoms with Crippen LogP contribution in [-0.4, -0.2) is 32.3 Å². The summed E-state index contributed by atoms with van der Waals surface area (Å²) in [5.41, 5.74) is 7.19. The average molecular weight is 432 g/mol. The van der Waals surface area contributed by atoms with Gasteiger partial charge in [-0.05, 0) is 56.3 Å². The number of benzene rings is 3. The summed E-state index contributed by atoms with van der Waals surface area (Å²) in [5, 5.41) is 11.3. The fourth-order valence-corrected chi connectivity index (χ4v) is 4.15. The number of aliphatic imine (C=N–C) groups is 1. The largest absolute Gasteiger partial charge is 0.309 e. The molecular formula is C28H25N5. The van der Waals surface area contributed by atoms with E-state index in [1.807, 2.05) is 38.3 Å². The predicted octanol–water partition coefficient (Wildman–Crippen LogP) is 6.41. The van der Waals surface area contributed by atoms with Gasteiger partial charge in [0, 0.05) is 34.8 Å². The molecule has 5 nitrogen and oxygen atoms in total. The van der Waals surface area contributed by atoms with Crippen LogP contribution in [0.2, 0.25) is 0 Å². The summed E-state index contributed by atoms with van der Waals surface area (Å²) < 4.78 is 4.11. The molecule has 0 atom stereocenters. The van der Waals surface area contributed by atoms with Crippen LogP contribution in [0.5, 0.6) is 0 Å². The number of hydrogen-bond donors (Lipinski definition) is 0. The normalized spacial score (nSPS) is 12.9. The summed E-state index contributed by atoms with van der Waals surface area (Å²) in [7, 11) is 1.79. The third kappa shape index (κ3) is 3.78. The molecule has 0 amide bonds. The lowest BCUT2D eigenvalue weighted by atomic mass is 10.1. The molecule has 5 rings (SSSR count). The van der Waals surface area contributed by atoms with Crippen molar-refractivity contribution in [3.63, 3.8) is 0 Å². The Balaban J connectivity index is 1.54.